The van der Waals surface area contributed by atoms with E-state index in [0.717, 1.165) is 23.5 Å². The summed E-state index contributed by atoms with van der Waals surface area (Å²) in [6.07, 6.45) is 6.08. The largest absolute Gasteiger partial charge is 0.457 e. The van der Waals surface area contributed by atoms with E-state index in [4.69, 9.17) is 4.74 Å². The number of rotatable bonds is 8. The molecule has 0 unspecified atom stereocenters. The van der Waals surface area contributed by atoms with Crippen LogP contribution in [0.1, 0.15) is 11.1 Å². The molecule has 6 heteroatoms. The van der Waals surface area contributed by atoms with Gasteiger partial charge >= 0.3 is 6.03 Å². The number of benzene rings is 2. The van der Waals surface area contributed by atoms with Gasteiger partial charge in [-0.05, 0) is 43.2 Å². The number of amides is 2. The first-order valence-corrected chi connectivity index (χ1v) is 9.00. The highest BCUT2D eigenvalue weighted by atomic mass is 16.5. The first kappa shape index (κ1) is 18.5. The molecule has 0 fully saturated rings. The van der Waals surface area contributed by atoms with Crippen LogP contribution in [0.4, 0.5) is 4.79 Å². The Labute approximate surface area is 159 Å². The van der Waals surface area contributed by atoms with Crippen LogP contribution in [0, 0.1) is 6.92 Å². The van der Waals surface area contributed by atoms with E-state index in [9.17, 15) is 4.79 Å². The number of aromatic nitrogens is 2. The number of carbonyl (C=O) groups excluding carboxylic acids is 1. The summed E-state index contributed by atoms with van der Waals surface area (Å²) >= 11 is 0. The van der Waals surface area contributed by atoms with Gasteiger partial charge in [-0.15, -0.1) is 0 Å². The molecule has 1 aromatic heterocycles. The van der Waals surface area contributed by atoms with Crippen LogP contribution < -0.4 is 15.4 Å². The third-order valence-electron chi connectivity index (χ3n) is 4.09. The smallest absolute Gasteiger partial charge is 0.314 e. The molecule has 3 rings (SSSR count). The van der Waals surface area contributed by atoms with Crippen molar-refractivity contribution in [1.29, 1.82) is 0 Å². The Morgan fingerprint density at radius 3 is 2.33 bits per heavy atom. The SMILES string of the molecule is Cc1ccc(Oc2ccc(CCNC(=O)NCCn3ccnc3)cc2)cc1. The summed E-state index contributed by atoms with van der Waals surface area (Å²) in [5.41, 5.74) is 2.35. The molecule has 0 radical (unpaired) electrons. The fraction of sp³-hybridized carbons (Fsp3) is 0.238. The average molecular weight is 364 g/mol. The summed E-state index contributed by atoms with van der Waals surface area (Å²) in [7, 11) is 0. The Morgan fingerprint density at radius 2 is 1.67 bits per heavy atom. The van der Waals surface area contributed by atoms with E-state index in [1.54, 1.807) is 12.5 Å². The average Bonchev–Trinajstić information content (AvgIpc) is 3.18. The summed E-state index contributed by atoms with van der Waals surface area (Å²) in [5, 5.41) is 5.69. The minimum absolute atomic E-state index is 0.158. The third-order valence-corrected chi connectivity index (χ3v) is 4.09. The number of hydrogen-bond donors (Lipinski definition) is 2. The van der Waals surface area contributed by atoms with Crippen LogP contribution in [0.3, 0.4) is 0 Å². The molecule has 3 aromatic rings. The zero-order chi connectivity index (χ0) is 18.9. The van der Waals surface area contributed by atoms with E-state index in [0.29, 0.717) is 19.6 Å². The van der Waals surface area contributed by atoms with Crippen molar-refractivity contribution in [3.8, 4) is 11.5 Å². The maximum atomic E-state index is 11.8. The van der Waals surface area contributed by atoms with Crippen molar-refractivity contribution in [1.82, 2.24) is 20.2 Å². The van der Waals surface area contributed by atoms with E-state index < -0.39 is 0 Å². The number of ether oxygens (including phenoxy) is 1. The molecular formula is C21H24N4O2. The first-order valence-electron chi connectivity index (χ1n) is 9.00. The minimum Gasteiger partial charge on any atom is -0.457 e. The quantitative estimate of drug-likeness (QED) is 0.642. The Hall–Kier alpha value is -3.28. The van der Waals surface area contributed by atoms with Gasteiger partial charge < -0.3 is 19.9 Å². The number of hydrogen-bond acceptors (Lipinski definition) is 3. The summed E-state index contributed by atoms with van der Waals surface area (Å²) in [5.74, 6) is 1.62. The van der Waals surface area contributed by atoms with Gasteiger partial charge in [0, 0.05) is 32.0 Å². The molecule has 0 atom stereocenters. The lowest BCUT2D eigenvalue weighted by Crippen LogP contribution is -2.38. The van der Waals surface area contributed by atoms with Crippen molar-refractivity contribution < 1.29 is 9.53 Å². The molecule has 2 N–H and O–H groups in total. The standard InChI is InChI=1S/C21H24N4O2/c1-17-2-6-19(7-3-17)27-20-8-4-18(5-9-20)10-11-23-21(26)24-13-15-25-14-12-22-16-25/h2-9,12,14,16H,10-11,13,15H2,1H3,(H2,23,24,26). The Bertz CT molecular complexity index is 828. The Balaban J connectivity index is 1.35. The lowest BCUT2D eigenvalue weighted by Gasteiger charge is -2.09. The van der Waals surface area contributed by atoms with E-state index in [2.05, 4.69) is 15.6 Å². The summed E-state index contributed by atoms with van der Waals surface area (Å²) < 4.78 is 7.74. The van der Waals surface area contributed by atoms with Crippen LogP contribution in [0.25, 0.3) is 0 Å². The van der Waals surface area contributed by atoms with Gasteiger partial charge in [0.2, 0.25) is 0 Å². The van der Waals surface area contributed by atoms with Crippen molar-refractivity contribution in [3.05, 3.63) is 78.4 Å². The van der Waals surface area contributed by atoms with Gasteiger partial charge in [0.05, 0.1) is 6.33 Å². The van der Waals surface area contributed by atoms with Crippen LogP contribution >= 0.6 is 0 Å². The van der Waals surface area contributed by atoms with E-state index >= 15 is 0 Å². The summed E-state index contributed by atoms with van der Waals surface area (Å²) in [4.78, 5) is 15.7. The zero-order valence-electron chi connectivity index (χ0n) is 15.4. The normalized spacial score (nSPS) is 10.4. The summed E-state index contributed by atoms with van der Waals surface area (Å²) in [6.45, 7) is 3.89. The molecular weight excluding hydrogens is 340 g/mol. The van der Waals surface area contributed by atoms with Crippen LogP contribution in [0.2, 0.25) is 0 Å². The molecule has 6 nitrogen and oxygen atoms in total. The fourth-order valence-corrected chi connectivity index (χ4v) is 2.57. The van der Waals surface area contributed by atoms with Crippen LogP contribution in [-0.2, 0) is 13.0 Å². The lowest BCUT2D eigenvalue weighted by atomic mass is 10.1. The first-order chi connectivity index (χ1) is 13.2. The minimum atomic E-state index is -0.158. The molecule has 0 saturated carbocycles. The van der Waals surface area contributed by atoms with Crippen LogP contribution in [-0.4, -0.2) is 28.7 Å². The van der Waals surface area contributed by atoms with Gasteiger partial charge in [-0.1, -0.05) is 29.8 Å². The molecule has 0 aliphatic rings. The number of urea groups is 1. The van der Waals surface area contributed by atoms with E-state index in [1.807, 2.05) is 66.2 Å². The van der Waals surface area contributed by atoms with Gasteiger partial charge in [-0.3, -0.25) is 0 Å². The van der Waals surface area contributed by atoms with Gasteiger partial charge in [0.1, 0.15) is 11.5 Å². The molecule has 1 heterocycles. The highest BCUT2D eigenvalue weighted by Gasteiger charge is 2.01. The molecule has 2 amide bonds. The molecule has 2 aromatic carbocycles. The predicted octanol–water partition coefficient (Wildman–Crippen LogP) is 3.53. The van der Waals surface area contributed by atoms with Gasteiger partial charge in [0.25, 0.3) is 0 Å². The van der Waals surface area contributed by atoms with Crippen LogP contribution in [0.5, 0.6) is 11.5 Å². The fourth-order valence-electron chi connectivity index (χ4n) is 2.57. The molecule has 0 bridgehead atoms. The van der Waals surface area contributed by atoms with Gasteiger partial charge in [-0.25, -0.2) is 9.78 Å². The number of nitrogens with zero attached hydrogens (tertiary/aromatic N) is 2. The second-order valence-corrected chi connectivity index (χ2v) is 6.29. The number of carbonyl (C=O) groups is 1. The van der Waals surface area contributed by atoms with Crippen molar-refractivity contribution in [2.45, 2.75) is 19.9 Å². The molecule has 0 spiro atoms. The topological polar surface area (TPSA) is 68.2 Å². The summed E-state index contributed by atoms with van der Waals surface area (Å²) in [6, 6.07) is 15.7. The van der Waals surface area contributed by atoms with Gasteiger partial charge in [-0.2, -0.15) is 0 Å². The monoisotopic (exact) mass is 364 g/mol. The van der Waals surface area contributed by atoms with Crippen molar-refractivity contribution in [2.75, 3.05) is 13.1 Å². The highest BCUT2D eigenvalue weighted by molar-refractivity contribution is 5.73. The van der Waals surface area contributed by atoms with E-state index in [-0.39, 0.29) is 6.03 Å². The number of imidazole rings is 1. The second-order valence-electron chi connectivity index (χ2n) is 6.29. The predicted molar refractivity (Wildman–Crippen MR) is 105 cm³/mol. The second kappa shape index (κ2) is 9.43. The Morgan fingerprint density at radius 1 is 1.00 bits per heavy atom. The van der Waals surface area contributed by atoms with Crippen LogP contribution in [0.15, 0.2) is 67.3 Å². The molecule has 27 heavy (non-hydrogen) atoms. The van der Waals surface area contributed by atoms with Crippen molar-refractivity contribution >= 4 is 6.03 Å². The van der Waals surface area contributed by atoms with Crippen molar-refractivity contribution in [3.63, 3.8) is 0 Å². The Kier molecular flexibility index (Phi) is 6.46. The number of nitrogens with one attached hydrogen (secondary N) is 2. The molecule has 0 aliphatic heterocycles. The molecule has 0 saturated heterocycles. The number of aryl methyl sites for hydroxylation is 1. The maximum Gasteiger partial charge on any atom is 0.314 e. The molecule has 140 valence electrons. The van der Waals surface area contributed by atoms with Gasteiger partial charge in [0.15, 0.2) is 0 Å². The third kappa shape index (κ3) is 6.18. The highest BCUT2D eigenvalue weighted by Crippen LogP contribution is 2.22. The lowest BCUT2D eigenvalue weighted by molar-refractivity contribution is 0.240. The molecule has 0 aliphatic carbocycles. The van der Waals surface area contributed by atoms with E-state index in [1.165, 1.54) is 5.56 Å². The maximum absolute atomic E-state index is 11.8. The van der Waals surface area contributed by atoms with Crippen molar-refractivity contribution in [2.24, 2.45) is 0 Å². The zero-order valence-corrected chi connectivity index (χ0v) is 15.4.